The standard InChI is InChI=1S/C19H19ClN2O5S/c1-26-14-6-8-15(9-7-14)28(24,25)22-13(4-3-5-19(23)27-2)12-16-17(22)10-11-18(20)21-16/h6-12H,3-5H2,1-2H3. The van der Waals surface area contributed by atoms with Gasteiger partial charge in [-0.25, -0.2) is 17.4 Å². The fourth-order valence-corrected chi connectivity index (χ4v) is 4.63. The number of carbonyl (C=O) groups excluding carboxylic acids is 1. The van der Waals surface area contributed by atoms with E-state index >= 15 is 0 Å². The molecule has 2 aromatic heterocycles. The molecule has 7 nitrogen and oxygen atoms in total. The highest BCUT2D eigenvalue weighted by molar-refractivity contribution is 7.90. The summed E-state index contributed by atoms with van der Waals surface area (Å²) in [5, 5.41) is 0.271. The maximum atomic E-state index is 13.3. The number of nitrogens with zero attached hydrogens (tertiary/aromatic N) is 2. The van der Waals surface area contributed by atoms with Crippen molar-refractivity contribution in [2.45, 2.75) is 24.2 Å². The number of esters is 1. The summed E-state index contributed by atoms with van der Waals surface area (Å²) in [6, 6.07) is 11.0. The van der Waals surface area contributed by atoms with Crippen molar-refractivity contribution in [1.82, 2.24) is 8.96 Å². The molecule has 3 aromatic rings. The van der Waals surface area contributed by atoms with Crippen LogP contribution in [0.1, 0.15) is 18.5 Å². The van der Waals surface area contributed by atoms with E-state index in [1.807, 2.05) is 0 Å². The van der Waals surface area contributed by atoms with E-state index in [2.05, 4.69) is 9.72 Å². The van der Waals surface area contributed by atoms with Crippen LogP contribution in [-0.2, 0) is 26.0 Å². The van der Waals surface area contributed by atoms with E-state index < -0.39 is 10.0 Å². The van der Waals surface area contributed by atoms with Crippen LogP contribution in [-0.4, -0.2) is 37.6 Å². The van der Waals surface area contributed by atoms with Crippen LogP contribution in [0.2, 0.25) is 5.15 Å². The molecular formula is C19H19ClN2O5S. The Hall–Kier alpha value is -2.58. The molecule has 2 heterocycles. The van der Waals surface area contributed by atoms with Gasteiger partial charge in [0.15, 0.2) is 0 Å². The molecule has 0 atom stereocenters. The van der Waals surface area contributed by atoms with E-state index in [1.165, 1.54) is 30.3 Å². The number of aromatic nitrogens is 2. The van der Waals surface area contributed by atoms with Crippen LogP contribution in [0, 0.1) is 0 Å². The van der Waals surface area contributed by atoms with Crippen molar-refractivity contribution in [3.05, 3.63) is 53.3 Å². The Morgan fingerprint density at radius 3 is 2.50 bits per heavy atom. The van der Waals surface area contributed by atoms with Crippen molar-refractivity contribution in [3.8, 4) is 5.75 Å². The van der Waals surface area contributed by atoms with Gasteiger partial charge in [0.25, 0.3) is 10.0 Å². The highest BCUT2D eigenvalue weighted by atomic mass is 35.5. The molecule has 28 heavy (non-hydrogen) atoms. The van der Waals surface area contributed by atoms with E-state index in [0.29, 0.717) is 35.3 Å². The minimum absolute atomic E-state index is 0.120. The summed E-state index contributed by atoms with van der Waals surface area (Å²) in [6.07, 6.45) is 0.988. The monoisotopic (exact) mass is 422 g/mol. The van der Waals surface area contributed by atoms with Gasteiger partial charge in [0.05, 0.1) is 30.1 Å². The number of fused-ring (bicyclic) bond motifs is 1. The number of hydrogen-bond acceptors (Lipinski definition) is 6. The number of methoxy groups -OCH3 is 2. The predicted octanol–water partition coefficient (Wildman–Crippen LogP) is 3.43. The van der Waals surface area contributed by atoms with Crippen LogP contribution in [0.15, 0.2) is 47.4 Å². The zero-order valence-electron chi connectivity index (χ0n) is 15.4. The van der Waals surface area contributed by atoms with Gasteiger partial charge >= 0.3 is 5.97 Å². The summed E-state index contributed by atoms with van der Waals surface area (Å²) >= 11 is 5.96. The lowest BCUT2D eigenvalue weighted by molar-refractivity contribution is -0.140. The number of halogens is 1. The van der Waals surface area contributed by atoms with Crippen LogP contribution in [0.4, 0.5) is 0 Å². The first-order valence-electron chi connectivity index (χ1n) is 8.50. The summed E-state index contributed by atoms with van der Waals surface area (Å²) in [4.78, 5) is 15.7. The van der Waals surface area contributed by atoms with E-state index in [9.17, 15) is 13.2 Å². The molecule has 0 saturated heterocycles. The lowest BCUT2D eigenvalue weighted by Gasteiger charge is -2.12. The second-order valence-electron chi connectivity index (χ2n) is 6.05. The smallest absolute Gasteiger partial charge is 0.305 e. The normalized spacial score (nSPS) is 11.5. The first-order chi connectivity index (χ1) is 13.4. The molecule has 0 saturated carbocycles. The zero-order valence-corrected chi connectivity index (χ0v) is 17.0. The van der Waals surface area contributed by atoms with Crippen LogP contribution in [0.5, 0.6) is 5.75 Å². The molecule has 0 N–H and O–H groups in total. The molecule has 1 aromatic carbocycles. The second-order valence-corrected chi connectivity index (χ2v) is 8.22. The fourth-order valence-electron chi connectivity index (χ4n) is 2.92. The molecular weight excluding hydrogens is 404 g/mol. The maximum absolute atomic E-state index is 13.3. The van der Waals surface area contributed by atoms with Crippen LogP contribution in [0.25, 0.3) is 11.0 Å². The molecule has 9 heteroatoms. The number of aryl methyl sites for hydroxylation is 1. The average molecular weight is 423 g/mol. The third-order valence-corrected chi connectivity index (χ3v) is 6.28. The van der Waals surface area contributed by atoms with E-state index in [0.717, 1.165) is 0 Å². The molecule has 148 valence electrons. The van der Waals surface area contributed by atoms with Gasteiger partial charge in [-0.3, -0.25) is 4.79 Å². The minimum atomic E-state index is -3.89. The first kappa shape index (κ1) is 20.2. The third-order valence-electron chi connectivity index (χ3n) is 4.29. The highest BCUT2D eigenvalue weighted by Gasteiger charge is 2.24. The quantitative estimate of drug-likeness (QED) is 0.428. The van der Waals surface area contributed by atoms with Gasteiger partial charge in [0.1, 0.15) is 10.9 Å². The molecule has 0 fully saturated rings. The number of rotatable bonds is 7. The number of carbonyl (C=O) groups is 1. The summed E-state index contributed by atoms with van der Waals surface area (Å²) in [6.45, 7) is 0. The molecule has 0 unspecified atom stereocenters. The Morgan fingerprint density at radius 2 is 1.86 bits per heavy atom. The van der Waals surface area contributed by atoms with Crippen molar-refractivity contribution in [3.63, 3.8) is 0 Å². The van der Waals surface area contributed by atoms with Crippen molar-refractivity contribution in [2.24, 2.45) is 0 Å². The Labute approximate surface area is 167 Å². The first-order valence-corrected chi connectivity index (χ1v) is 10.3. The van der Waals surface area contributed by atoms with Gasteiger partial charge < -0.3 is 9.47 Å². The summed E-state index contributed by atoms with van der Waals surface area (Å²) < 4.78 is 37.7. The molecule has 0 aliphatic rings. The maximum Gasteiger partial charge on any atom is 0.305 e. The molecule has 0 radical (unpaired) electrons. The number of hydrogen-bond donors (Lipinski definition) is 0. The number of benzene rings is 1. The van der Waals surface area contributed by atoms with Crippen LogP contribution < -0.4 is 4.74 Å². The zero-order chi connectivity index (χ0) is 20.3. The Balaban J connectivity index is 2.08. The highest BCUT2D eigenvalue weighted by Crippen LogP contribution is 2.28. The topological polar surface area (TPSA) is 87.5 Å². The Kier molecular flexibility index (Phi) is 5.90. The summed E-state index contributed by atoms with van der Waals surface area (Å²) in [5.74, 6) is 0.213. The lowest BCUT2D eigenvalue weighted by atomic mass is 10.2. The van der Waals surface area contributed by atoms with Gasteiger partial charge in [-0.2, -0.15) is 0 Å². The van der Waals surface area contributed by atoms with Crippen molar-refractivity contribution >= 4 is 38.6 Å². The molecule has 0 amide bonds. The van der Waals surface area contributed by atoms with E-state index in [-0.39, 0.29) is 22.4 Å². The van der Waals surface area contributed by atoms with Crippen molar-refractivity contribution < 1.29 is 22.7 Å². The lowest BCUT2D eigenvalue weighted by Crippen LogP contribution is -2.16. The van der Waals surface area contributed by atoms with E-state index in [4.69, 9.17) is 16.3 Å². The van der Waals surface area contributed by atoms with Crippen LogP contribution in [0.3, 0.4) is 0 Å². The molecule has 0 aliphatic carbocycles. The minimum Gasteiger partial charge on any atom is -0.497 e. The molecule has 3 rings (SSSR count). The van der Waals surface area contributed by atoms with Gasteiger partial charge in [-0.15, -0.1) is 0 Å². The SMILES string of the molecule is COC(=O)CCCc1cc2nc(Cl)ccc2n1S(=O)(=O)c1ccc(OC)cc1. The Bertz CT molecular complexity index is 1110. The number of pyridine rings is 1. The Morgan fingerprint density at radius 1 is 1.14 bits per heavy atom. The number of ether oxygens (including phenoxy) is 2. The van der Waals surface area contributed by atoms with Crippen LogP contribution >= 0.6 is 11.6 Å². The summed E-state index contributed by atoms with van der Waals surface area (Å²) in [7, 11) is -1.05. The van der Waals surface area contributed by atoms with Gasteiger partial charge in [0.2, 0.25) is 0 Å². The van der Waals surface area contributed by atoms with Crippen molar-refractivity contribution in [2.75, 3.05) is 14.2 Å². The van der Waals surface area contributed by atoms with E-state index in [1.54, 1.807) is 30.3 Å². The molecule has 0 spiro atoms. The third kappa shape index (κ3) is 3.98. The van der Waals surface area contributed by atoms with Crippen molar-refractivity contribution in [1.29, 1.82) is 0 Å². The predicted molar refractivity (Wildman–Crippen MR) is 105 cm³/mol. The second kappa shape index (κ2) is 8.20. The summed E-state index contributed by atoms with van der Waals surface area (Å²) in [5.41, 5.74) is 1.41. The van der Waals surface area contributed by atoms with Gasteiger partial charge in [0, 0.05) is 12.1 Å². The molecule has 0 aliphatic heterocycles. The molecule has 0 bridgehead atoms. The van der Waals surface area contributed by atoms with Gasteiger partial charge in [-0.1, -0.05) is 11.6 Å². The fraction of sp³-hybridized carbons (Fsp3) is 0.263. The average Bonchev–Trinajstić information content (AvgIpc) is 3.05. The van der Waals surface area contributed by atoms with Gasteiger partial charge in [-0.05, 0) is 55.3 Å². The largest absolute Gasteiger partial charge is 0.497 e.